The highest BCUT2D eigenvalue weighted by atomic mass is 32.2. The molecule has 0 bridgehead atoms. The van der Waals surface area contributed by atoms with E-state index in [1.807, 2.05) is 59.9 Å². The van der Waals surface area contributed by atoms with E-state index in [9.17, 15) is 4.79 Å². The highest BCUT2D eigenvalue weighted by molar-refractivity contribution is 8.17. The monoisotopic (exact) mass is 449 g/mol. The van der Waals surface area contributed by atoms with Gasteiger partial charge in [-0.25, -0.2) is 0 Å². The van der Waals surface area contributed by atoms with Gasteiger partial charge < -0.3 is 9.64 Å². The van der Waals surface area contributed by atoms with E-state index in [2.05, 4.69) is 60.4 Å². The number of amides is 1. The molecule has 1 aliphatic rings. The van der Waals surface area contributed by atoms with E-state index < -0.39 is 0 Å². The third-order valence-corrected chi connectivity index (χ3v) is 8.28. The van der Waals surface area contributed by atoms with Crippen molar-refractivity contribution in [3.8, 4) is 5.75 Å². The first-order valence-corrected chi connectivity index (χ1v) is 12.3. The van der Waals surface area contributed by atoms with Crippen LogP contribution >= 0.6 is 23.5 Å². The molecule has 0 saturated carbocycles. The first-order chi connectivity index (χ1) is 15.2. The summed E-state index contributed by atoms with van der Waals surface area (Å²) in [4.78, 5) is 17.5. The topological polar surface area (TPSA) is 29.5 Å². The number of ether oxygens (including phenoxy) is 1. The Morgan fingerprint density at radius 2 is 1.42 bits per heavy atom. The molecule has 0 spiro atoms. The number of benzene rings is 3. The van der Waals surface area contributed by atoms with Crippen LogP contribution in [0.15, 0.2) is 94.7 Å². The van der Waals surface area contributed by atoms with E-state index in [1.165, 1.54) is 9.79 Å². The quantitative estimate of drug-likeness (QED) is 0.216. The first kappa shape index (κ1) is 21.8. The van der Waals surface area contributed by atoms with Gasteiger partial charge in [-0.2, -0.15) is 0 Å². The number of carbonyl (C=O) groups is 1. The smallest absolute Gasteiger partial charge is 0.228 e. The molecular weight excluding hydrogens is 422 g/mol. The Hall–Kier alpha value is -2.37. The van der Waals surface area contributed by atoms with Gasteiger partial charge in [0.25, 0.3) is 0 Å². The molecule has 3 aromatic carbocycles. The van der Waals surface area contributed by atoms with Gasteiger partial charge in [0.05, 0.1) is 23.7 Å². The maximum Gasteiger partial charge on any atom is 0.228 e. The zero-order valence-corrected chi connectivity index (χ0v) is 19.4. The molecule has 1 heterocycles. The van der Waals surface area contributed by atoms with Crippen molar-refractivity contribution in [3.05, 3.63) is 90.5 Å². The third kappa shape index (κ3) is 5.10. The molecular formula is C26H27NO2S2. The zero-order valence-electron chi connectivity index (χ0n) is 17.8. The lowest BCUT2D eigenvalue weighted by molar-refractivity contribution is -0.156. The molecule has 0 radical (unpaired) electrons. The predicted molar refractivity (Wildman–Crippen MR) is 129 cm³/mol. The van der Waals surface area contributed by atoms with Crippen molar-refractivity contribution in [3.63, 3.8) is 0 Å². The molecule has 3 aromatic rings. The summed E-state index contributed by atoms with van der Waals surface area (Å²) in [5.41, 5.74) is 1.13. The van der Waals surface area contributed by atoms with Crippen LogP contribution in [-0.4, -0.2) is 28.5 Å². The maximum atomic E-state index is 13.0. The maximum absolute atomic E-state index is 13.0. The summed E-state index contributed by atoms with van der Waals surface area (Å²) in [6.45, 7) is 2.75. The summed E-state index contributed by atoms with van der Waals surface area (Å²) in [6.07, 6.45) is 0.865. The molecule has 0 N–H and O–H groups in total. The van der Waals surface area contributed by atoms with Gasteiger partial charge in [0, 0.05) is 16.3 Å². The summed E-state index contributed by atoms with van der Waals surface area (Å²) < 4.78 is 5.49. The lowest BCUT2D eigenvalue weighted by Crippen LogP contribution is -2.63. The van der Waals surface area contributed by atoms with E-state index in [0.717, 1.165) is 17.7 Å². The van der Waals surface area contributed by atoms with Gasteiger partial charge >= 0.3 is 0 Å². The molecule has 2 atom stereocenters. The minimum absolute atomic E-state index is 0.0654. The number of β-lactam (4-membered cyclic amide) rings is 1. The number of methoxy groups -OCH3 is 1. The molecule has 160 valence electrons. The fourth-order valence-corrected chi connectivity index (χ4v) is 6.91. The molecule has 1 amide bonds. The van der Waals surface area contributed by atoms with Crippen LogP contribution in [0.25, 0.3) is 0 Å². The second kappa shape index (κ2) is 10.3. The lowest BCUT2D eigenvalue weighted by Gasteiger charge is -2.50. The molecule has 31 heavy (non-hydrogen) atoms. The highest BCUT2D eigenvalue weighted by Gasteiger charge is 2.50. The lowest BCUT2D eigenvalue weighted by atomic mass is 9.85. The van der Waals surface area contributed by atoms with Gasteiger partial charge in [0.2, 0.25) is 5.91 Å². The van der Waals surface area contributed by atoms with Gasteiger partial charge in [0.15, 0.2) is 0 Å². The summed E-state index contributed by atoms with van der Waals surface area (Å²) in [5.74, 6) is 1.16. The Labute approximate surface area is 193 Å². The second-order valence-corrected chi connectivity index (χ2v) is 10.3. The normalized spacial score (nSPS) is 18.2. The molecule has 1 fully saturated rings. The SMILES string of the molecule is CC[C@@H]1C(=O)N(Cc2ccc(OC)cc2)[C@H]1C(Sc1ccccc1)Sc1ccccc1. The van der Waals surface area contributed by atoms with Gasteiger partial charge in [-0.3, -0.25) is 4.79 Å². The van der Waals surface area contributed by atoms with Crippen molar-refractivity contribution in [2.45, 2.75) is 40.3 Å². The number of hydrogen-bond acceptors (Lipinski definition) is 4. The van der Waals surface area contributed by atoms with Crippen LogP contribution in [0.5, 0.6) is 5.75 Å². The van der Waals surface area contributed by atoms with Crippen LogP contribution in [-0.2, 0) is 11.3 Å². The molecule has 1 aliphatic heterocycles. The average molecular weight is 450 g/mol. The summed E-state index contributed by atoms with van der Waals surface area (Å²) in [6, 6.07) is 29.2. The van der Waals surface area contributed by atoms with Crippen molar-refractivity contribution in [1.82, 2.24) is 4.90 Å². The number of carbonyl (C=O) groups excluding carboxylic acids is 1. The Morgan fingerprint density at radius 3 is 1.90 bits per heavy atom. The Kier molecular flexibility index (Phi) is 7.25. The molecule has 3 nitrogen and oxygen atoms in total. The minimum Gasteiger partial charge on any atom is -0.497 e. The summed E-state index contributed by atoms with van der Waals surface area (Å²) in [5, 5.41) is 0. The Morgan fingerprint density at radius 1 is 0.871 bits per heavy atom. The fraction of sp³-hybridized carbons (Fsp3) is 0.269. The average Bonchev–Trinajstić information content (AvgIpc) is 2.82. The fourth-order valence-electron chi connectivity index (χ4n) is 3.93. The minimum atomic E-state index is 0.0654. The third-order valence-electron chi connectivity index (χ3n) is 5.59. The van der Waals surface area contributed by atoms with Crippen LogP contribution < -0.4 is 4.74 Å². The second-order valence-electron chi connectivity index (χ2n) is 7.55. The van der Waals surface area contributed by atoms with E-state index >= 15 is 0 Å². The van der Waals surface area contributed by atoms with Crippen molar-refractivity contribution in [2.75, 3.05) is 7.11 Å². The number of hydrogen-bond donors (Lipinski definition) is 0. The standard InChI is InChI=1S/C26H27NO2S2/c1-3-23-24(27(25(23)28)18-19-14-16-20(29-2)17-15-19)26(30-21-10-6-4-7-11-21)31-22-12-8-5-9-13-22/h4-17,23-24,26H,3,18H2,1-2H3/t23-,24+/m0/s1. The van der Waals surface area contributed by atoms with Crippen molar-refractivity contribution in [2.24, 2.45) is 5.92 Å². The summed E-state index contributed by atoms with van der Waals surface area (Å²) in [7, 11) is 1.67. The number of likely N-dealkylation sites (tertiary alicyclic amines) is 1. The van der Waals surface area contributed by atoms with Crippen LogP contribution in [0.1, 0.15) is 18.9 Å². The number of thioether (sulfide) groups is 2. The summed E-state index contributed by atoms with van der Waals surface area (Å²) >= 11 is 3.72. The zero-order chi connectivity index (χ0) is 21.6. The van der Waals surface area contributed by atoms with Crippen LogP contribution in [0, 0.1) is 5.92 Å². The largest absolute Gasteiger partial charge is 0.497 e. The van der Waals surface area contributed by atoms with E-state index in [-0.39, 0.29) is 22.4 Å². The van der Waals surface area contributed by atoms with Crippen LogP contribution in [0.3, 0.4) is 0 Å². The van der Waals surface area contributed by atoms with Crippen LogP contribution in [0.2, 0.25) is 0 Å². The Balaban J connectivity index is 1.59. The first-order valence-electron chi connectivity index (χ1n) is 10.6. The molecule has 0 aromatic heterocycles. The molecule has 4 rings (SSSR count). The van der Waals surface area contributed by atoms with Crippen molar-refractivity contribution >= 4 is 29.4 Å². The molecule has 0 aliphatic carbocycles. The van der Waals surface area contributed by atoms with Crippen molar-refractivity contribution in [1.29, 1.82) is 0 Å². The molecule has 1 saturated heterocycles. The Bertz CT molecular complexity index is 938. The van der Waals surface area contributed by atoms with Gasteiger partial charge in [-0.15, -0.1) is 23.5 Å². The molecule has 0 unspecified atom stereocenters. The predicted octanol–water partition coefficient (Wildman–Crippen LogP) is 6.34. The molecule has 5 heteroatoms. The van der Waals surface area contributed by atoms with E-state index in [1.54, 1.807) is 7.11 Å². The van der Waals surface area contributed by atoms with Crippen molar-refractivity contribution < 1.29 is 9.53 Å². The van der Waals surface area contributed by atoms with Crippen LogP contribution in [0.4, 0.5) is 0 Å². The van der Waals surface area contributed by atoms with Gasteiger partial charge in [-0.1, -0.05) is 55.5 Å². The van der Waals surface area contributed by atoms with E-state index in [0.29, 0.717) is 6.54 Å². The van der Waals surface area contributed by atoms with Gasteiger partial charge in [0.1, 0.15) is 5.75 Å². The number of rotatable bonds is 9. The van der Waals surface area contributed by atoms with Gasteiger partial charge in [-0.05, 0) is 48.4 Å². The van der Waals surface area contributed by atoms with E-state index in [4.69, 9.17) is 4.74 Å². The number of nitrogens with zero attached hydrogens (tertiary/aromatic N) is 1. The highest BCUT2D eigenvalue weighted by Crippen LogP contribution is 2.46.